The van der Waals surface area contributed by atoms with E-state index in [0.29, 0.717) is 29.5 Å². The van der Waals surface area contributed by atoms with Crippen LogP contribution >= 0.6 is 0 Å². The second-order valence-electron chi connectivity index (χ2n) is 7.63. The molecule has 1 atom stereocenters. The van der Waals surface area contributed by atoms with Gasteiger partial charge < -0.3 is 28.9 Å². The summed E-state index contributed by atoms with van der Waals surface area (Å²) in [7, 11) is 1.62. The van der Waals surface area contributed by atoms with Crippen molar-refractivity contribution in [3.8, 4) is 17.2 Å². The molecule has 36 heavy (non-hydrogen) atoms. The molecule has 0 fully saturated rings. The Morgan fingerprint density at radius 1 is 1.14 bits per heavy atom. The van der Waals surface area contributed by atoms with Crippen molar-refractivity contribution in [1.82, 2.24) is 14.5 Å². The molecule has 1 aromatic heterocycles. The number of amidine groups is 1. The van der Waals surface area contributed by atoms with Crippen LogP contribution in [0, 0.1) is 12.7 Å². The van der Waals surface area contributed by atoms with E-state index in [4.69, 9.17) is 14.3 Å². The van der Waals surface area contributed by atoms with Crippen LogP contribution in [-0.4, -0.2) is 52.3 Å². The van der Waals surface area contributed by atoms with Gasteiger partial charge in [0, 0.05) is 12.7 Å². The highest BCUT2D eigenvalue weighted by Gasteiger charge is 2.32. The molecular formula is C27H33FN4O4. The Morgan fingerprint density at radius 2 is 1.94 bits per heavy atom. The number of nitrogens with zero attached hydrogens (tertiary/aromatic N) is 4. The average molecular weight is 497 g/mol. The second kappa shape index (κ2) is 12.7. The highest BCUT2D eigenvalue weighted by molar-refractivity contribution is 5.97. The van der Waals surface area contributed by atoms with Crippen molar-refractivity contribution in [2.45, 2.75) is 33.9 Å². The van der Waals surface area contributed by atoms with Crippen molar-refractivity contribution >= 4 is 11.9 Å². The number of aliphatic hydroxyl groups is 1. The minimum Gasteiger partial charge on any atom is -0.495 e. The molecule has 0 saturated carbocycles. The molecule has 1 aliphatic heterocycles. The van der Waals surface area contributed by atoms with Gasteiger partial charge in [-0.1, -0.05) is 31.1 Å². The summed E-state index contributed by atoms with van der Waals surface area (Å²) in [5, 5.41) is 13.8. The number of methoxy groups -OCH3 is 1. The number of hydrogen-bond donors (Lipinski definition) is 1. The first-order chi connectivity index (χ1) is 17.5. The summed E-state index contributed by atoms with van der Waals surface area (Å²) in [4.78, 5) is 11.7. The van der Waals surface area contributed by atoms with Crippen LogP contribution in [0.3, 0.4) is 0 Å². The minimum atomic E-state index is -0.717. The number of aliphatic hydroxyl groups excluding tert-OH is 1. The highest BCUT2D eigenvalue weighted by atomic mass is 19.1. The van der Waals surface area contributed by atoms with Crippen molar-refractivity contribution in [2.24, 2.45) is 5.16 Å². The summed E-state index contributed by atoms with van der Waals surface area (Å²) < 4.78 is 27.1. The van der Waals surface area contributed by atoms with Gasteiger partial charge in [-0.3, -0.25) is 0 Å². The van der Waals surface area contributed by atoms with Gasteiger partial charge >= 0.3 is 0 Å². The highest BCUT2D eigenvalue weighted by Crippen LogP contribution is 2.35. The van der Waals surface area contributed by atoms with Gasteiger partial charge in [0.05, 0.1) is 43.6 Å². The van der Waals surface area contributed by atoms with E-state index < -0.39 is 12.0 Å². The first kappa shape index (κ1) is 26.7. The first-order valence-corrected chi connectivity index (χ1v) is 11.9. The van der Waals surface area contributed by atoms with E-state index in [0.717, 1.165) is 16.9 Å². The van der Waals surface area contributed by atoms with Gasteiger partial charge in [-0.25, -0.2) is 9.37 Å². The van der Waals surface area contributed by atoms with Gasteiger partial charge in [-0.2, -0.15) is 0 Å². The predicted molar refractivity (Wildman–Crippen MR) is 138 cm³/mol. The quantitative estimate of drug-likeness (QED) is 0.444. The standard InChI is InChI=1S/C25H27FN4O4.C2H6/c1-4-33-22-9-7-19(26)14-20(22)25-30(11-12-31)24(28-34-25)10-6-18-5-8-21(23(13-18)32-3)29-15-17(2)27-16-29;1-2/h5-10,13-16,25,31H,4,11-12H2,1-3H3;1-2H3/b10-6+;/t25-;/m0./s1. The van der Waals surface area contributed by atoms with Crippen molar-refractivity contribution < 1.29 is 23.8 Å². The summed E-state index contributed by atoms with van der Waals surface area (Å²) in [5.41, 5.74) is 3.17. The third-order valence-electron chi connectivity index (χ3n) is 5.32. The Bertz CT molecular complexity index is 1210. The van der Waals surface area contributed by atoms with Gasteiger partial charge in [0.15, 0.2) is 5.84 Å². The Kier molecular flexibility index (Phi) is 9.46. The Morgan fingerprint density at radius 3 is 2.61 bits per heavy atom. The van der Waals surface area contributed by atoms with Crippen LogP contribution in [-0.2, 0) is 4.84 Å². The fraction of sp³-hybridized carbons (Fsp3) is 0.333. The van der Waals surface area contributed by atoms with Crippen molar-refractivity contribution in [3.63, 3.8) is 0 Å². The molecule has 0 unspecified atom stereocenters. The van der Waals surface area contributed by atoms with Gasteiger partial charge in [-0.05, 0) is 55.8 Å². The molecular weight excluding hydrogens is 463 g/mol. The maximum absolute atomic E-state index is 14.0. The summed E-state index contributed by atoms with van der Waals surface area (Å²) >= 11 is 0. The Balaban J connectivity index is 0.00000176. The number of aromatic nitrogens is 2. The zero-order valence-corrected chi connectivity index (χ0v) is 21.3. The molecule has 8 nitrogen and oxygen atoms in total. The van der Waals surface area contributed by atoms with Crippen LogP contribution in [0.15, 0.2) is 60.2 Å². The van der Waals surface area contributed by atoms with Crippen molar-refractivity contribution in [3.05, 3.63) is 77.6 Å². The summed E-state index contributed by atoms with van der Waals surface area (Å²) in [6.07, 6.45) is 6.60. The molecule has 192 valence electrons. The molecule has 0 bridgehead atoms. The number of β-amino-alcohol motifs (C(OH)–C–C–N with tert-alkyl or cyclic N) is 1. The minimum absolute atomic E-state index is 0.126. The van der Waals surface area contributed by atoms with Crippen molar-refractivity contribution in [1.29, 1.82) is 0 Å². The molecule has 9 heteroatoms. The van der Waals surface area contributed by atoms with E-state index in [2.05, 4.69) is 10.1 Å². The van der Waals surface area contributed by atoms with E-state index in [1.165, 1.54) is 12.1 Å². The zero-order valence-electron chi connectivity index (χ0n) is 21.3. The lowest BCUT2D eigenvalue weighted by Crippen LogP contribution is -2.32. The molecule has 0 saturated heterocycles. The van der Waals surface area contributed by atoms with Gasteiger partial charge in [0.25, 0.3) is 0 Å². The maximum atomic E-state index is 14.0. The molecule has 0 amide bonds. The molecule has 2 aromatic carbocycles. The van der Waals surface area contributed by atoms with Gasteiger partial charge in [0.1, 0.15) is 17.3 Å². The van der Waals surface area contributed by atoms with Crippen LogP contribution in [0.25, 0.3) is 11.8 Å². The third kappa shape index (κ3) is 6.04. The molecule has 3 aromatic rings. The molecule has 0 radical (unpaired) electrons. The second-order valence-corrected chi connectivity index (χ2v) is 7.63. The number of halogens is 1. The molecule has 1 N–H and O–H groups in total. The third-order valence-corrected chi connectivity index (χ3v) is 5.32. The smallest absolute Gasteiger partial charge is 0.231 e. The van der Waals surface area contributed by atoms with Crippen LogP contribution in [0.5, 0.6) is 11.5 Å². The lowest BCUT2D eigenvalue weighted by molar-refractivity contribution is 0.00185. The molecule has 4 rings (SSSR count). The van der Waals surface area contributed by atoms with E-state index in [1.807, 2.05) is 62.7 Å². The lowest BCUT2D eigenvalue weighted by atomic mass is 10.1. The Hall–Kier alpha value is -3.85. The van der Waals surface area contributed by atoms with Gasteiger partial charge in [-0.15, -0.1) is 0 Å². The Labute approximate surface area is 211 Å². The number of oxime groups is 1. The number of ether oxygens (including phenoxy) is 2. The SMILES string of the molecule is CC.CCOc1ccc(F)cc1[C@@H]1ON=C(/C=C/c2ccc(-n3cnc(C)c3)c(OC)c2)N1CCO. The largest absolute Gasteiger partial charge is 0.495 e. The number of benzene rings is 2. The lowest BCUT2D eigenvalue weighted by Gasteiger charge is -2.25. The zero-order chi connectivity index (χ0) is 26.1. The van der Waals surface area contributed by atoms with E-state index >= 15 is 0 Å². The monoisotopic (exact) mass is 496 g/mol. The number of hydrogen-bond acceptors (Lipinski definition) is 7. The molecule has 0 spiro atoms. The summed E-state index contributed by atoms with van der Waals surface area (Å²) in [5.74, 6) is 1.29. The van der Waals surface area contributed by atoms with Crippen molar-refractivity contribution in [2.75, 3.05) is 26.9 Å². The maximum Gasteiger partial charge on any atom is 0.231 e. The van der Waals surface area contributed by atoms with Crippen LogP contribution in [0.2, 0.25) is 0 Å². The first-order valence-electron chi connectivity index (χ1n) is 11.9. The number of imidazole rings is 1. The molecule has 1 aliphatic rings. The van der Waals surface area contributed by atoms with Crippen LogP contribution in [0.1, 0.15) is 43.8 Å². The topological polar surface area (TPSA) is 81.3 Å². The fourth-order valence-corrected chi connectivity index (χ4v) is 3.76. The van der Waals surface area contributed by atoms with Crippen LogP contribution < -0.4 is 9.47 Å². The van der Waals surface area contributed by atoms with E-state index in [-0.39, 0.29) is 13.2 Å². The average Bonchev–Trinajstić information content (AvgIpc) is 3.51. The molecule has 2 heterocycles. The number of aryl methyl sites for hydroxylation is 1. The van der Waals surface area contributed by atoms with E-state index in [1.54, 1.807) is 30.5 Å². The van der Waals surface area contributed by atoms with Crippen LogP contribution in [0.4, 0.5) is 4.39 Å². The normalized spacial score (nSPS) is 14.8. The van der Waals surface area contributed by atoms with E-state index in [9.17, 15) is 9.50 Å². The summed E-state index contributed by atoms with van der Waals surface area (Å²) in [6.45, 7) is 8.33. The number of rotatable bonds is 9. The summed E-state index contributed by atoms with van der Waals surface area (Å²) in [6, 6.07) is 10.1. The van der Waals surface area contributed by atoms with Gasteiger partial charge in [0.2, 0.25) is 6.23 Å². The predicted octanol–water partition coefficient (Wildman–Crippen LogP) is 5.10. The molecule has 0 aliphatic carbocycles. The fourth-order valence-electron chi connectivity index (χ4n) is 3.76.